The molecule has 2 aromatic rings. The minimum atomic E-state index is 0.147. The fraction of sp³-hybridized carbons (Fsp3) is 0.353. The lowest BCUT2D eigenvalue weighted by atomic mass is 9.92. The minimum Gasteiger partial charge on any atom is -0.318 e. The van der Waals surface area contributed by atoms with Gasteiger partial charge in [-0.25, -0.2) is 0 Å². The predicted octanol–water partition coefficient (Wildman–Crippen LogP) is 2.31. The molecule has 0 saturated heterocycles. The maximum atomic E-state index is 12.3. The molecule has 2 heterocycles. The molecule has 0 aliphatic carbocycles. The molecule has 1 aromatic heterocycles. The van der Waals surface area contributed by atoms with E-state index in [-0.39, 0.29) is 5.56 Å². The van der Waals surface area contributed by atoms with Crippen LogP contribution in [0.5, 0.6) is 0 Å². The molecular weight excluding hydrogens is 248 g/mol. The molecule has 0 bridgehead atoms. The van der Waals surface area contributed by atoms with Gasteiger partial charge in [0.05, 0.1) is 0 Å². The Bertz CT molecular complexity index is 729. The number of aryl methyl sites for hydroxylation is 3. The molecule has 104 valence electrons. The number of rotatable bonds is 1. The molecule has 20 heavy (non-hydrogen) atoms. The van der Waals surface area contributed by atoms with Crippen LogP contribution in [0.15, 0.2) is 29.2 Å². The van der Waals surface area contributed by atoms with Gasteiger partial charge >= 0.3 is 0 Å². The van der Waals surface area contributed by atoms with Crippen LogP contribution in [0.3, 0.4) is 0 Å². The lowest BCUT2D eigenvalue weighted by Crippen LogP contribution is -2.33. The monoisotopic (exact) mass is 268 g/mol. The van der Waals surface area contributed by atoms with Gasteiger partial charge in [0.2, 0.25) is 0 Å². The molecule has 1 N–H and O–H groups in total. The van der Waals surface area contributed by atoms with Gasteiger partial charge in [-0.3, -0.25) is 4.79 Å². The van der Waals surface area contributed by atoms with Crippen molar-refractivity contribution in [2.75, 3.05) is 6.54 Å². The summed E-state index contributed by atoms with van der Waals surface area (Å²) in [5.41, 5.74) is 7.25. The van der Waals surface area contributed by atoms with E-state index in [0.717, 1.165) is 25.1 Å². The van der Waals surface area contributed by atoms with Gasteiger partial charge in [0, 0.05) is 30.9 Å². The average Bonchev–Trinajstić information content (AvgIpc) is 2.46. The lowest BCUT2D eigenvalue weighted by molar-refractivity contribution is 0.629. The van der Waals surface area contributed by atoms with Crippen molar-refractivity contribution < 1.29 is 0 Å². The Balaban J connectivity index is 2.25. The molecule has 3 heteroatoms. The molecule has 0 atom stereocenters. The topological polar surface area (TPSA) is 34.0 Å². The van der Waals surface area contributed by atoms with Gasteiger partial charge < -0.3 is 9.88 Å². The first kappa shape index (κ1) is 13.1. The summed E-state index contributed by atoms with van der Waals surface area (Å²) in [4.78, 5) is 12.3. The molecule has 0 amide bonds. The third-order valence-corrected chi connectivity index (χ3v) is 4.26. The van der Waals surface area contributed by atoms with Gasteiger partial charge in [-0.2, -0.15) is 0 Å². The van der Waals surface area contributed by atoms with Crippen molar-refractivity contribution in [3.05, 3.63) is 57.0 Å². The second-order valence-electron chi connectivity index (χ2n) is 5.64. The van der Waals surface area contributed by atoms with Crippen LogP contribution in [-0.2, 0) is 20.0 Å². The standard InChI is InChI=1S/C17H20N2O/c1-11-4-5-13(8-12(11)2)16-10-19(3)17(20)14-6-7-18-9-15(14)16/h4-5,8,10,18H,6-7,9H2,1-3H3. The summed E-state index contributed by atoms with van der Waals surface area (Å²) >= 11 is 0. The number of hydrogen-bond donors (Lipinski definition) is 1. The summed E-state index contributed by atoms with van der Waals surface area (Å²) < 4.78 is 1.72. The Labute approximate surface area is 119 Å². The Morgan fingerprint density at radius 1 is 1.15 bits per heavy atom. The van der Waals surface area contributed by atoms with E-state index < -0.39 is 0 Å². The molecule has 0 saturated carbocycles. The van der Waals surface area contributed by atoms with Crippen LogP contribution < -0.4 is 10.9 Å². The molecule has 1 aromatic carbocycles. The van der Waals surface area contributed by atoms with Gasteiger partial charge in [-0.05, 0) is 49.1 Å². The van der Waals surface area contributed by atoms with Gasteiger partial charge in [-0.1, -0.05) is 18.2 Å². The molecule has 1 aliphatic heterocycles. The molecule has 0 radical (unpaired) electrons. The SMILES string of the molecule is Cc1ccc(-c2cn(C)c(=O)c3c2CNCC3)cc1C. The summed E-state index contributed by atoms with van der Waals surface area (Å²) in [6.07, 6.45) is 2.79. The highest BCUT2D eigenvalue weighted by Crippen LogP contribution is 2.27. The number of nitrogens with zero attached hydrogens (tertiary/aromatic N) is 1. The zero-order chi connectivity index (χ0) is 14.3. The summed E-state index contributed by atoms with van der Waals surface area (Å²) in [7, 11) is 1.84. The third kappa shape index (κ3) is 2.08. The number of pyridine rings is 1. The fourth-order valence-electron chi connectivity index (χ4n) is 2.88. The first-order valence-corrected chi connectivity index (χ1v) is 7.07. The van der Waals surface area contributed by atoms with E-state index in [4.69, 9.17) is 0 Å². The Hall–Kier alpha value is -1.87. The number of aromatic nitrogens is 1. The van der Waals surface area contributed by atoms with Crippen LogP contribution in [0, 0.1) is 13.8 Å². The summed E-state index contributed by atoms with van der Waals surface area (Å²) in [6, 6.07) is 6.51. The highest BCUT2D eigenvalue weighted by atomic mass is 16.1. The van der Waals surface area contributed by atoms with Crippen molar-refractivity contribution in [1.82, 2.24) is 9.88 Å². The van der Waals surface area contributed by atoms with Crippen LogP contribution in [-0.4, -0.2) is 11.1 Å². The third-order valence-electron chi connectivity index (χ3n) is 4.26. The van der Waals surface area contributed by atoms with E-state index in [1.165, 1.54) is 27.8 Å². The summed E-state index contributed by atoms with van der Waals surface area (Å²) in [6.45, 7) is 5.93. The smallest absolute Gasteiger partial charge is 0.253 e. The van der Waals surface area contributed by atoms with Gasteiger partial charge in [-0.15, -0.1) is 0 Å². The molecular formula is C17H20N2O. The van der Waals surface area contributed by atoms with Crippen LogP contribution in [0.25, 0.3) is 11.1 Å². The zero-order valence-electron chi connectivity index (χ0n) is 12.3. The number of hydrogen-bond acceptors (Lipinski definition) is 2. The van der Waals surface area contributed by atoms with Crippen molar-refractivity contribution in [1.29, 1.82) is 0 Å². The van der Waals surface area contributed by atoms with Crippen molar-refractivity contribution in [2.45, 2.75) is 26.8 Å². The molecule has 0 fully saturated rings. The molecule has 0 spiro atoms. The van der Waals surface area contributed by atoms with Crippen molar-refractivity contribution in [3.63, 3.8) is 0 Å². The highest BCUT2D eigenvalue weighted by Gasteiger charge is 2.18. The quantitative estimate of drug-likeness (QED) is 0.861. The predicted molar refractivity (Wildman–Crippen MR) is 82.0 cm³/mol. The highest BCUT2D eigenvalue weighted by molar-refractivity contribution is 5.69. The van der Waals surface area contributed by atoms with Crippen molar-refractivity contribution in [2.24, 2.45) is 7.05 Å². The van der Waals surface area contributed by atoms with E-state index >= 15 is 0 Å². The average molecular weight is 268 g/mol. The maximum Gasteiger partial charge on any atom is 0.253 e. The largest absolute Gasteiger partial charge is 0.318 e. The van der Waals surface area contributed by atoms with Gasteiger partial charge in [0.15, 0.2) is 0 Å². The van der Waals surface area contributed by atoms with Crippen molar-refractivity contribution in [3.8, 4) is 11.1 Å². The van der Waals surface area contributed by atoms with Gasteiger partial charge in [0.25, 0.3) is 5.56 Å². The minimum absolute atomic E-state index is 0.147. The summed E-state index contributed by atoms with van der Waals surface area (Å²) in [5, 5.41) is 3.38. The lowest BCUT2D eigenvalue weighted by Gasteiger charge is -2.21. The fourth-order valence-corrected chi connectivity index (χ4v) is 2.88. The Morgan fingerprint density at radius 2 is 1.95 bits per heavy atom. The maximum absolute atomic E-state index is 12.3. The first-order valence-electron chi connectivity index (χ1n) is 7.07. The van der Waals surface area contributed by atoms with Crippen LogP contribution in [0.1, 0.15) is 22.3 Å². The number of nitrogens with one attached hydrogen (secondary N) is 1. The molecule has 3 rings (SSSR count). The van der Waals surface area contributed by atoms with E-state index in [2.05, 4.69) is 37.4 Å². The van der Waals surface area contributed by atoms with E-state index in [1.807, 2.05) is 13.2 Å². The second-order valence-corrected chi connectivity index (χ2v) is 5.64. The van der Waals surface area contributed by atoms with E-state index in [0.29, 0.717) is 0 Å². The molecule has 3 nitrogen and oxygen atoms in total. The van der Waals surface area contributed by atoms with Crippen LogP contribution in [0.2, 0.25) is 0 Å². The Kier molecular flexibility index (Phi) is 3.22. The van der Waals surface area contributed by atoms with Crippen LogP contribution >= 0.6 is 0 Å². The Morgan fingerprint density at radius 3 is 2.70 bits per heavy atom. The zero-order valence-corrected chi connectivity index (χ0v) is 12.3. The molecule has 0 unspecified atom stereocenters. The normalized spacial score (nSPS) is 14.2. The second kappa shape index (κ2) is 4.91. The van der Waals surface area contributed by atoms with Gasteiger partial charge in [0.1, 0.15) is 0 Å². The van der Waals surface area contributed by atoms with Crippen molar-refractivity contribution >= 4 is 0 Å². The van der Waals surface area contributed by atoms with Crippen LogP contribution in [0.4, 0.5) is 0 Å². The molecule has 1 aliphatic rings. The number of benzene rings is 1. The number of fused-ring (bicyclic) bond motifs is 1. The first-order chi connectivity index (χ1) is 9.58. The van der Waals surface area contributed by atoms with E-state index in [1.54, 1.807) is 4.57 Å². The van der Waals surface area contributed by atoms with E-state index in [9.17, 15) is 4.79 Å². The summed E-state index contributed by atoms with van der Waals surface area (Å²) in [5.74, 6) is 0.